The monoisotopic (exact) mass is 160 g/mol. The fourth-order valence-corrected chi connectivity index (χ4v) is 5.97. The third-order valence-corrected chi connectivity index (χ3v) is 5.82. The molecule has 0 aromatic rings. The molecule has 0 bridgehead atoms. The molecule has 9 heavy (non-hydrogen) atoms. The van der Waals surface area contributed by atoms with Gasteiger partial charge in [0.15, 0.2) is 0 Å². The fourth-order valence-electron chi connectivity index (χ4n) is 0.902. The van der Waals surface area contributed by atoms with Gasteiger partial charge in [-0.05, 0) is 26.9 Å². The average molecular weight is 160 g/mol. The molecule has 0 N–H and O–H groups in total. The lowest BCUT2D eigenvalue weighted by molar-refractivity contribution is 0.441. The first-order valence-electron chi connectivity index (χ1n) is 3.07. The number of allylic oxidation sites excluding steroid dienone is 2. The molecule has 1 aliphatic rings. The Hall–Kier alpha value is 0.107. The Kier molecular flexibility index (Phi) is 1.65. The predicted molar refractivity (Wildman–Crippen MR) is 44.5 cm³/mol. The molecule has 0 amide bonds. The van der Waals surface area contributed by atoms with Gasteiger partial charge in [-0.3, -0.25) is 0 Å². The van der Waals surface area contributed by atoms with Crippen LogP contribution in [0.25, 0.3) is 0 Å². The summed E-state index contributed by atoms with van der Waals surface area (Å²) in [6.07, 6.45) is 0. The summed E-state index contributed by atoms with van der Waals surface area (Å²) in [5, 5.41) is 0. The van der Waals surface area contributed by atoms with Gasteiger partial charge in [-0.1, -0.05) is 0 Å². The molecule has 0 fully saturated rings. The van der Waals surface area contributed by atoms with Crippen LogP contribution in [0.5, 0.6) is 0 Å². The summed E-state index contributed by atoms with van der Waals surface area (Å²) in [6, 6.07) is 0. The Labute approximate surface area is 61.3 Å². The SMILES string of the molecule is CC1=C(C)S[Si](C)(C)O1. The lowest BCUT2D eigenvalue weighted by Crippen LogP contribution is -2.19. The lowest BCUT2D eigenvalue weighted by Gasteiger charge is -2.13. The molecule has 0 unspecified atom stereocenters. The van der Waals surface area contributed by atoms with E-state index in [0.717, 1.165) is 5.76 Å². The van der Waals surface area contributed by atoms with Gasteiger partial charge in [0.1, 0.15) is 0 Å². The Bertz CT molecular complexity index is 146. The van der Waals surface area contributed by atoms with Crippen molar-refractivity contribution in [3.8, 4) is 0 Å². The third-order valence-electron chi connectivity index (χ3n) is 1.29. The van der Waals surface area contributed by atoms with E-state index in [1.165, 1.54) is 4.91 Å². The predicted octanol–water partition coefficient (Wildman–Crippen LogP) is 2.70. The van der Waals surface area contributed by atoms with Gasteiger partial charge in [0.05, 0.1) is 5.76 Å². The first-order chi connectivity index (χ1) is 4.01. The minimum atomic E-state index is -1.32. The van der Waals surface area contributed by atoms with E-state index in [1.54, 1.807) is 0 Å². The van der Waals surface area contributed by atoms with E-state index >= 15 is 0 Å². The van der Waals surface area contributed by atoms with Crippen LogP contribution in [0.4, 0.5) is 0 Å². The van der Waals surface area contributed by atoms with Crippen molar-refractivity contribution in [3.05, 3.63) is 10.7 Å². The van der Waals surface area contributed by atoms with Gasteiger partial charge in [0, 0.05) is 4.91 Å². The van der Waals surface area contributed by atoms with Crippen LogP contribution in [0.2, 0.25) is 13.1 Å². The van der Waals surface area contributed by atoms with Crippen molar-refractivity contribution in [1.82, 2.24) is 0 Å². The smallest absolute Gasteiger partial charge is 0.311 e. The normalized spacial score (nSPS) is 24.4. The van der Waals surface area contributed by atoms with Crippen LogP contribution in [0, 0.1) is 0 Å². The Balaban J connectivity index is 2.70. The zero-order chi connectivity index (χ0) is 7.07. The first-order valence-corrected chi connectivity index (χ1v) is 7.52. The zero-order valence-electron chi connectivity index (χ0n) is 6.32. The molecular formula is C6H12OSSi. The lowest BCUT2D eigenvalue weighted by atomic mass is 10.5. The Morgan fingerprint density at radius 1 is 1.33 bits per heavy atom. The van der Waals surface area contributed by atoms with Crippen molar-refractivity contribution in [2.24, 2.45) is 0 Å². The van der Waals surface area contributed by atoms with Gasteiger partial charge < -0.3 is 4.43 Å². The van der Waals surface area contributed by atoms with E-state index in [2.05, 4.69) is 20.0 Å². The minimum absolute atomic E-state index is 1.14. The molecule has 0 aromatic carbocycles. The molecule has 0 radical (unpaired) electrons. The summed E-state index contributed by atoms with van der Waals surface area (Å²) in [7, 11) is -1.32. The van der Waals surface area contributed by atoms with Gasteiger partial charge in [-0.25, -0.2) is 0 Å². The molecule has 0 saturated carbocycles. The maximum atomic E-state index is 5.64. The second kappa shape index (κ2) is 2.06. The van der Waals surface area contributed by atoms with Gasteiger partial charge in [0.2, 0.25) is 0 Å². The topological polar surface area (TPSA) is 9.23 Å². The first kappa shape index (κ1) is 7.22. The highest BCUT2D eigenvalue weighted by Crippen LogP contribution is 2.39. The summed E-state index contributed by atoms with van der Waals surface area (Å²) in [5.41, 5.74) is 0. The highest BCUT2D eigenvalue weighted by atomic mass is 32.4. The molecule has 0 atom stereocenters. The van der Waals surface area contributed by atoms with Gasteiger partial charge in [-0.15, -0.1) is 11.2 Å². The van der Waals surface area contributed by atoms with Crippen LogP contribution < -0.4 is 0 Å². The Morgan fingerprint density at radius 3 is 2.00 bits per heavy atom. The van der Waals surface area contributed by atoms with E-state index < -0.39 is 7.47 Å². The quantitative estimate of drug-likeness (QED) is 0.504. The highest BCUT2D eigenvalue weighted by Gasteiger charge is 2.32. The summed E-state index contributed by atoms with van der Waals surface area (Å²) in [4.78, 5) is 1.37. The van der Waals surface area contributed by atoms with Crippen molar-refractivity contribution in [2.45, 2.75) is 26.9 Å². The summed E-state index contributed by atoms with van der Waals surface area (Å²) in [5.74, 6) is 1.14. The van der Waals surface area contributed by atoms with Crippen LogP contribution in [0.15, 0.2) is 10.7 Å². The molecule has 0 saturated heterocycles. The van der Waals surface area contributed by atoms with Crippen LogP contribution in [-0.4, -0.2) is 7.47 Å². The molecular weight excluding hydrogens is 148 g/mol. The van der Waals surface area contributed by atoms with Gasteiger partial charge in [-0.2, -0.15) is 0 Å². The number of hydrogen-bond acceptors (Lipinski definition) is 2. The van der Waals surface area contributed by atoms with Crippen LogP contribution >= 0.6 is 11.2 Å². The molecule has 1 heterocycles. The van der Waals surface area contributed by atoms with E-state index in [9.17, 15) is 0 Å². The second-order valence-corrected chi connectivity index (χ2v) is 10.1. The summed E-state index contributed by atoms with van der Waals surface area (Å²) >= 11 is 1.93. The molecule has 1 nitrogen and oxygen atoms in total. The number of rotatable bonds is 0. The van der Waals surface area contributed by atoms with Crippen LogP contribution in [0.3, 0.4) is 0 Å². The molecule has 0 aromatic heterocycles. The average Bonchev–Trinajstić information content (AvgIpc) is 1.79. The molecule has 52 valence electrons. The van der Waals surface area contributed by atoms with E-state index in [-0.39, 0.29) is 0 Å². The maximum Gasteiger partial charge on any atom is 0.311 e. The van der Waals surface area contributed by atoms with Crippen molar-refractivity contribution in [1.29, 1.82) is 0 Å². The molecule has 1 aliphatic heterocycles. The molecule has 0 spiro atoms. The van der Waals surface area contributed by atoms with Crippen molar-refractivity contribution in [2.75, 3.05) is 0 Å². The number of hydrogen-bond donors (Lipinski definition) is 0. The van der Waals surface area contributed by atoms with Crippen molar-refractivity contribution >= 4 is 18.7 Å². The minimum Gasteiger partial charge on any atom is -0.536 e. The molecule has 0 aliphatic carbocycles. The Morgan fingerprint density at radius 2 is 1.89 bits per heavy atom. The fraction of sp³-hybridized carbons (Fsp3) is 0.667. The largest absolute Gasteiger partial charge is 0.536 e. The van der Waals surface area contributed by atoms with Crippen LogP contribution in [0.1, 0.15) is 13.8 Å². The standard InChI is InChI=1S/C6H12OSSi/c1-5-6(2)8-9(3,4)7-5/h1-4H3. The molecule has 3 heteroatoms. The van der Waals surface area contributed by atoms with E-state index in [0.29, 0.717) is 0 Å². The van der Waals surface area contributed by atoms with Crippen molar-refractivity contribution < 1.29 is 4.43 Å². The zero-order valence-corrected chi connectivity index (χ0v) is 8.13. The van der Waals surface area contributed by atoms with Crippen LogP contribution in [-0.2, 0) is 4.43 Å². The molecule has 1 rings (SSSR count). The van der Waals surface area contributed by atoms with Gasteiger partial charge in [0.25, 0.3) is 0 Å². The van der Waals surface area contributed by atoms with Crippen molar-refractivity contribution in [3.63, 3.8) is 0 Å². The summed E-state index contributed by atoms with van der Waals surface area (Å²) in [6.45, 7) is 8.61. The second-order valence-electron chi connectivity index (χ2n) is 2.72. The highest BCUT2D eigenvalue weighted by molar-refractivity contribution is 8.31. The third kappa shape index (κ3) is 1.52. The van der Waals surface area contributed by atoms with E-state index in [4.69, 9.17) is 4.43 Å². The summed E-state index contributed by atoms with van der Waals surface area (Å²) < 4.78 is 5.64. The van der Waals surface area contributed by atoms with E-state index in [1.807, 2.05) is 18.1 Å². The maximum absolute atomic E-state index is 5.64. The van der Waals surface area contributed by atoms with Gasteiger partial charge >= 0.3 is 7.47 Å².